The quantitative estimate of drug-likeness (QED) is 0.802. The van der Waals surface area contributed by atoms with E-state index in [0.29, 0.717) is 31.0 Å². The minimum atomic E-state index is -0.116. The Morgan fingerprint density at radius 2 is 1.82 bits per heavy atom. The molecule has 1 aromatic heterocycles. The van der Waals surface area contributed by atoms with Gasteiger partial charge in [-0.05, 0) is 12.0 Å². The van der Waals surface area contributed by atoms with Crippen LogP contribution in [0.15, 0.2) is 30.5 Å². The van der Waals surface area contributed by atoms with E-state index < -0.39 is 0 Å². The molecule has 0 aliphatic heterocycles. The monoisotopic (exact) mass is 301 g/mol. The maximum atomic E-state index is 12.3. The number of carbonyl (C=O) groups is 2. The zero-order valence-corrected chi connectivity index (χ0v) is 13.3. The van der Waals surface area contributed by atoms with Gasteiger partial charge in [-0.1, -0.05) is 32.0 Å². The number of nitrogens with zero attached hydrogens (tertiary/aromatic N) is 1. The van der Waals surface area contributed by atoms with Crippen molar-refractivity contribution in [3.05, 3.63) is 36.0 Å². The highest BCUT2D eigenvalue weighted by atomic mass is 16.2. The summed E-state index contributed by atoms with van der Waals surface area (Å²) in [5.74, 6) is 0.245. The van der Waals surface area contributed by atoms with E-state index in [1.54, 1.807) is 0 Å². The van der Waals surface area contributed by atoms with Crippen LogP contribution in [0.3, 0.4) is 0 Å². The van der Waals surface area contributed by atoms with Crippen LogP contribution in [-0.4, -0.2) is 29.5 Å². The van der Waals surface area contributed by atoms with Crippen LogP contribution in [-0.2, 0) is 11.8 Å². The second-order valence-corrected chi connectivity index (χ2v) is 5.87. The van der Waals surface area contributed by atoms with Crippen molar-refractivity contribution >= 4 is 22.7 Å². The first-order valence-corrected chi connectivity index (χ1v) is 7.58. The van der Waals surface area contributed by atoms with Crippen molar-refractivity contribution in [2.24, 2.45) is 13.0 Å². The van der Waals surface area contributed by atoms with Crippen molar-refractivity contribution < 1.29 is 9.59 Å². The molecule has 1 aromatic carbocycles. The highest BCUT2D eigenvalue weighted by molar-refractivity contribution is 6.06. The van der Waals surface area contributed by atoms with Crippen LogP contribution in [0, 0.1) is 5.92 Å². The van der Waals surface area contributed by atoms with Gasteiger partial charge in [0.2, 0.25) is 5.91 Å². The highest BCUT2D eigenvalue weighted by Gasteiger charge is 2.13. The number of nitrogens with one attached hydrogen (secondary N) is 2. The summed E-state index contributed by atoms with van der Waals surface area (Å²) in [6.45, 7) is 4.87. The van der Waals surface area contributed by atoms with Crippen LogP contribution in [0.25, 0.3) is 10.9 Å². The van der Waals surface area contributed by atoms with E-state index in [1.165, 1.54) is 0 Å². The molecule has 5 nitrogen and oxygen atoms in total. The van der Waals surface area contributed by atoms with Crippen LogP contribution in [0.1, 0.15) is 30.6 Å². The maximum absolute atomic E-state index is 12.3. The normalized spacial score (nSPS) is 10.9. The summed E-state index contributed by atoms with van der Waals surface area (Å²) < 4.78 is 1.94. The van der Waals surface area contributed by atoms with Gasteiger partial charge in [0.25, 0.3) is 5.91 Å². The summed E-state index contributed by atoms with van der Waals surface area (Å²) >= 11 is 0. The third kappa shape index (κ3) is 3.87. The SMILES string of the molecule is CC(C)CC(=O)NCCNC(=O)c1cn(C)c2ccccc12. The van der Waals surface area contributed by atoms with Gasteiger partial charge >= 0.3 is 0 Å². The van der Waals surface area contributed by atoms with Crippen LogP contribution >= 0.6 is 0 Å². The second-order valence-electron chi connectivity index (χ2n) is 5.87. The first kappa shape index (κ1) is 16.1. The van der Waals surface area contributed by atoms with Crippen molar-refractivity contribution in [2.45, 2.75) is 20.3 Å². The number of amides is 2. The van der Waals surface area contributed by atoms with Gasteiger partial charge in [-0.25, -0.2) is 0 Å². The molecule has 0 bridgehead atoms. The van der Waals surface area contributed by atoms with E-state index in [4.69, 9.17) is 0 Å². The van der Waals surface area contributed by atoms with Gasteiger partial charge in [0.05, 0.1) is 5.56 Å². The van der Waals surface area contributed by atoms with Crippen molar-refractivity contribution in [1.29, 1.82) is 0 Å². The van der Waals surface area contributed by atoms with Crippen molar-refractivity contribution in [2.75, 3.05) is 13.1 Å². The Morgan fingerprint density at radius 3 is 2.55 bits per heavy atom. The summed E-state index contributed by atoms with van der Waals surface area (Å²) in [5, 5.41) is 6.59. The molecule has 0 atom stereocenters. The number of aromatic nitrogens is 1. The standard InChI is InChI=1S/C17H23N3O2/c1-12(2)10-16(21)18-8-9-19-17(22)14-11-20(3)15-7-5-4-6-13(14)15/h4-7,11-12H,8-10H2,1-3H3,(H,18,21)(H,19,22). The first-order chi connectivity index (χ1) is 10.5. The van der Waals surface area contributed by atoms with Crippen molar-refractivity contribution in [3.63, 3.8) is 0 Å². The molecule has 0 spiro atoms. The van der Waals surface area contributed by atoms with E-state index >= 15 is 0 Å². The molecule has 0 saturated heterocycles. The molecule has 2 aromatic rings. The molecule has 0 saturated carbocycles. The smallest absolute Gasteiger partial charge is 0.253 e. The van der Waals surface area contributed by atoms with Crippen LogP contribution in [0.2, 0.25) is 0 Å². The van der Waals surface area contributed by atoms with E-state index in [2.05, 4.69) is 10.6 Å². The third-order valence-electron chi connectivity index (χ3n) is 3.47. The number of fused-ring (bicyclic) bond motifs is 1. The summed E-state index contributed by atoms with van der Waals surface area (Å²) in [6.07, 6.45) is 2.34. The molecule has 0 unspecified atom stereocenters. The van der Waals surface area contributed by atoms with Gasteiger partial charge < -0.3 is 15.2 Å². The lowest BCUT2D eigenvalue weighted by atomic mass is 10.1. The lowest BCUT2D eigenvalue weighted by molar-refractivity contribution is -0.121. The lowest BCUT2D eigenvalue weighted by Gasteiger charge is -2.08. The fraction of sp³-hybridized carbons (Fsp3) is 0.412. The largest absolute Gasteiger partial charge is 0.354 e. The molecule has 0 radical (unpaired) electrons. The molecule has 2 N–H and O–H groups in total. The number of hydrogen-bond acceptors (Lipinski definition) is 2. The Balaban J connectivity index is 1.88. The Labute approximate surface area is 130 Å². The molecule has 5 heteroatoms. The van der Waals surface area contributed by atoms with Crippen molar-refractivity contribution in [1.82, 2.24) is 15.2 Å². The van der Waals surface area contributed by atoms with E-state index in [1.807, 2.05) is 55.9 Å². The Morgan fingerprint density at radius 1 is 1.14 bits per heavy atom. The van der Waals surface area contributed by atoms with Crippen LogP contribution < -0.4 is 10.6 Å². The van der Waals surface area contributed by atoms with E-state index in [0.717, 1.165) is 10.9 Å². The van der Waals surface area contributed by atoms with Crippen molar-refractivity contribution in [3.8, 4) is 0 Å². The molecule has 0 aliphatic carbocycles. The Hall–Kier alpha value is -2.30. The molecular weight excluding hydrogens is 278 g/mol. The number of hydrogen-bond donors (Lipinski definition) is 2. The molecule has 2 amide bonds. The molecular formula is C17H23N3O2. The second kappa shape index (κ2) is 7.11. The average molecular weight is 301 g/mol. The zero-order valence-electron chi connectivity index (χ0n) is 13.3. The van der Waals surface area contributed by atoms with Gasteiger partial charge in [-0.3, -0.25) is 9.59 Å². The highest BCUT2D eigenvalue weighted by Crippen LogP contribution is 2.19. The topological polar surface area (TPSA) is 63.1 Å². The molecule has 118 valence electrons. The third-order valence-corrected chi connectivity index (χ3v) is 3.47. The predicted octanol–water partition coefficient (Wildman–Crippen LogP) is 2.07. The molecule has 0 fully saturated rings. The van der Waals surface area contributed by atoms with Gasteiger partial charge in [0.1, 0.15) is 0 Å². The minimum absolute atomic E-state index is 0.0226. The fourth-order valence-corrected chi connectivity index (χ4v) is 2.44. The summed E-state index contributed by atoms with van der Waals surface area (Å²) in [7, 11) is 1.92. The van der Waals surface area contributed by atoms with Gasteiger partial charge in [-0.15, -0.1) is 0 Å². The molecule has 0 aliphatic rings. The number of para-hydroxylation sites is 1. The fourth-order valence-electron chi connectivity index (χ4n) is 2.44. The lowest BCUT2D eigenvalue weighted by Crippen LogP contribution is -2.35. The summed E-state index contributed by atoms with van der Waals surface area (Å²) in [6, 6.07) is 7.80. The minimum Gasteiger partial charge on any atom is -0.354 e. The molecule has 22 heavy (non-hydrogen) atoms. The van der Waals surface area contributed by atoms with Gasteiger partial charge in [-0.2, -0.15) is 0 Å². The van der Waals surface area contributed by atoms with E-state index in [9.17, 15) is 9.59 Å². The van der Waals surface area contributed by atoms with Gasteiger partial charge in [0, 0.05) is 43.7 Å². The number of benzene rings is 1. The maximum Gasteiger partial charge on any atom is 0.253 e. The van der Waals surface area contributed by atoms with E-state index in [-0.39, 0.29) is 11.8 Å². The summed E-state index contributed by atoms with van der Waals surface area (Å²) in [4.78, 5) is 23.8. The van der Waals surface area contributed by atoms with Crippen LogP contribution in [0.4, 0.5) is 0 Å². The first-order valence-electron chi connectivity index (χ1n) is 7.58. The number of rotatable bonds is 6. The number of aryl methyl sites for hydroxylation is 1. The van der Waals surface area contributed by atoms with Gasteiger partial charge in [0.15, 0.2) is 0 Å². The number of carbonyl (C=O) groups excluding carboxylic acids is 2. The zero-order chi connectivity index (χ0) is 16.1. The average Bonchev–Trinajstić information content (AvgIpc) is 2.81. The Kier molecular flexibility index (Phi) is 5.20. The van der Waals surface area contributed by atoms with Crippen LogP contribution in [0.5, 0.6) is 0 Å². The molecule has 1 heterocycles. The predicted molar refractivity (Wildman–Crippen MR) is 87.7 cm³/mol. The molecule has 2 rings (SSSR count). The summed E-state index contributed by atoms with van der Waals surface area (Å²) in [5.41, 5.74) is 1.68. The Bertz CT molecular complexity index is 674.